The average Bonchev–Trinajstić information content (AvgIpc) is 2.79. The third-order valence-electron chi connectivity index (χ3n) is 3.58. The van der Waals surface area contributed by atoms with E-state index in [9.17, 15) is 4.79 Å². The van der Waals surface area contributed by atoms with E-state index in [0.29, 0.717) is 27.4 Å². The standard InChI is InChI=1S/C17H11Cl4NO2/c1-2-24-17(23)22-5-3-9-7-11-12(8-10(9)4-6-22)14(19)16(21)15(20)13(11)18/h3-8H,2H2,1H3. The van der Waals surface area contributed by atoms with Gasteiger partial charge in [-0.3, -0.25) is 4.90 Å². The van der Waals surface area contributed by atoms with E-state index in [-0.39, 0.29) is 10.0 Å². The molecule has 2 aromatic rings. The van der Waals surface area contributed by atoms with Gasteiger partial charge in [0.1, 0.15) is 0 Å². The summed E-state index contributed by atoms with van der Waals surface area (Å²) in [6, 6.07) is 3.72. The average molecular weight is 403 g/mol. The number of benzene rings is 2. The number of ether oxygens (including phenoxy) is 1. The maximum atomic E-state index is 11.9. The molecule has 0 radical (unpaired) electrons. The van der Waals surface area contributed by atoms with Crippen molar-refractivity contribution in [3.8, 4) is 0 Å². The maximum Gasteiger partial charge on any atom is 0.417 e. The smallest absolute Gasteiger partial charge is 0.417 e. The predicted octanol–water partition coefficient (Wildman–Crippen LogP) is 6.87. The molecule has 1 heterocycles. The van der Waals surface area contributed by atoms with Crippen LogP contribution in [0.3, 0.4) is 0 Å². The molecule has 0 aromatic heterocycles. The summed E-state index contributed by atoms with van der Waals surface area (Å²) in [7, 11) is 0. The molecule has 0 N–H and O–H groups in total. The van der Waals surface area contributed by atoms with E-state index in [4.69, 9.17) is 51.1 Å². The summed E-state index contributed by atoms with van der Waals surface area (Å²) in [4.78, 5) is 13.2. The van der Waals surface area contributed by atoms with Crippen LogP contribution in [0, 0.1) is 0 Å². The van der Waals surface area contributed by atoms with Gasteiger partial charge in [0.25, 0.3) is 0 Å². The summed E-state index contributed by atoms with van der Waals surface area (Å²) in [6.07, 6.45) is 6.37. The van der Waals surface area contributed by atoms with Crippen LogP contribution in [-0.2, 0) is 4.74 Å². The summed E-state index contributed by atoms with van der Waals surface area (Å²) in [5.41, 5.74) is 1.73. The Hall–Kier alpha value is -1.39. The summed E-state index contributed by atoms with van der Waals surface area (Å²) >= 11 is 24.9. The largest absolute Gasteiger partial charge is 0.449 e. The number of hydrogen-bond acceptors (Lipinski definition) is 2. The van der Waals surface area contributed by atoms with Gasteiger partial charge in [-0.25, -0.2) is 4.79 Å². The summed E-state index contributed by atoms with van der Waals surface area (Å²) in [5, 5.41) is 2.50. The highest BCUT2D eigenvalue weighted by Gasteiger charge is 2.17. The van der Waals surface area contributed by atoms with Crippen molar-refractivity contribution in [1.29, 1.82) is 0 Å². The highest BCUT2D eigenvalue weighted by atomic mass is 35.5. The minimum Gasteiger partial charge on any atom is -0.449 e. The van der Waals surface area contributed by atoms with Crippen molar-refractivity contribution in [2.45, 2.75) is 6.92 Å². The summed E-state index contributed by atoms with van der Waals surface area (Å²) in [6.45, 7) is 2.05. The molecule has 0 aliphatic carbocycles. The van der Waals surface area contributed by atoms with Gasteiger partial charge in [-0.1, -0.05) is 46.4 Å². The molecule has 1 aliphatic rings. The van der Waals surface area contributed by atoms with E-state index < -0.39 is 6.09 Å². The van der Waals surface area contributed by atoms with Gasteiger partial charge in [-0.05, 0) is 42.3 Å². The molecule has 2 aromatic carbocycles. The molecular weight excluding hydrogens is 392 g/mol. The molecule has 0 unspecified atom stereocenters. The number of carbonyl (C=O) groups is 1. The van der Waals surface area contributed by atoms with Gasteiger partial charge in [0.05, 0.1) is 26.7 Å². The second kappa shape index (κ2) is 6.85. The summed E-state index contributed by atoms with van der Waals surface area (Å²) in [5.74, 6) is 0. The first-order chi connectivity index (χ1) is 11.4. The van der Waals surface area contributed by atoms with Crippen LogP contribution in [0.2, 0.25) is 20.1 Å². The molecule has 24 heavy (non-hydrogen) atoms. The Labute approximate surface area is 159 Å². The highest BCUT2D eigenvalue weighted by molar-refractivity contribution is 6.55. The summed E-state index contributed by atoms with van der Waals surface area (Å²) < 4.78 is 4.99. The zero-order chi connectivity index (χ0) is 17.4. The molecule has 0 bridgehead atoms. The quantitative estimate of drug-likeness (QED) is 0.384. The zero-order valence-corrected chi connectivity index (χ0v) is 15.5. The van der Waals surface area contributed by atoms with E-state index in [1.807, 2.05) is 12.1 Å². The topological polar surface area (TPSA) is 29.5 Å². The molecule has 0 fully saturated rings. The lowest BCUT2D eigenvalue weighted by Gasteiger charge is -2.11. The van der Waals surface area contributed by atoms with E-state index in [2.05, 4.69) is 0 Å². The SMILES string of the molecule is CCOC(=O)N1C=Cc2cc3c(Cl)c(Cl)c(Cl)c(Cl)c3cc2C=C1. The van der Waals surface area contributed by atoms with Gasteiger partial charge >= 0.3 is 6.09 Å². The monoisotopic (exact) mass is 401 g/mol. The van der Waals surface area contributed by atoms with Crippen molar-refractivity contribution < 1.29 is 9.53 Å². The van der Waals surface area contributed by atoms with E-state index >= 15 is 0 Å². The van der Waals surface area contributed by atoms with Crippen LogP contribution in [0.1, 0.15) is 18.1 Å². The van der Waals surface area contributed by atoms with Crippen molar-refractivity contribution in [2.24, 2.45) is 0 Å². The molecular formula is C17H11Cl4NO2. The van der Waals surface area contributed by atoms with Crippen molar-refractivity contribution in [1.82, 2.24) is 4.90 Å². The van der Waals surface area contributed by atoms with Gasteiger partial charge in [0.2, 0.25) is 0 Å². The number of amides is 1. The first kappa shape index (κ1) is 17.4. The van der Waals surface area contributed by atoms with Crippen molar-refractivity contribution >= 4 is 75.4 Å². The fourth-order valence-corrected chi connectivity index (χ4v) is 3.40. The number of halogens is 4. The lowest BCUT2D eigenvalue weighted by molar-refractivity contribution is 0.134. The van der Waals surface area contributed by atoms with E-state index in [1.54, 1.807) is 31.5 Å². The number of nitrogens with zero attached hydrogens (tertiary/aromatic N) is 1. The molecule has 1 aliphatic heterocycles. The predicted molar refractivity (Wildman–Crippen MR) is 101 cm³/mol. The second-order valence-electron chi connectivity index (χ2n) is 5.02. The minimum absolute atomic E-state index is 0.220. The molecule has 3 nitrogen and oxygen atoms in total. The zero-order valence-electron chi connectivity index (χ0n) is 12.4. The lowest BCUT2D eigenvalue weighted by Crippen LogP contribution is -2.20. The van der Waals surface area contributed by atoms with E-state index in [1.165, 1.54) is 4.90 Å². The number of rotatable bonds is 1. The highest BCUT2D eigenvalue weighted by Crippen LogP contribution is 2.44. The van der Waals surface area contributed by atoms with Gasteiger partial charge in [-0.2, -0.15) is 0 Å². The van der Waals surface area contributed by atoms with Gasteiger partial charge in [0.15, 0.2) is 0 Å². The Morgan fingerprint density at radius 1 is 0.917 bits per heavy atom. The normalized spacial score (nSPS) is 13.1. The van der Waals surface area contributed by atoms with E-state index in [0.717, 1.165) is 11.1 Å². The van der Waals surface area contributed by atoms with Crippen molar-refractivity contribution in [2.75, 3.05) is 6.61 Å². The Balaban J connectivity index is 2.16. The van der Waals surface area contributed by atoms with Gasteiger partial charge in [-0.15, -0.1) is 0 Å². The Kier molecular flexibility index (Phi) is 4.97. The maximum absolute atomic E-state index is 11.9. The van der Waals surface area contributed by atoms with Crippen LogP contribution in [0.4, 0.5) is 4.79 Å². The Bertz CT molecular complexity index is 841. The van der Waals surface area contributed by atoms with Crippen molar-refractivity contribution in [3.63, 3.8) is 0 Å². The fraction of sp³-hybridized carbons (Fsp3) is 0.118. The second-order valence-corrected chi connectivity index (χ2v) is 6.53. The van der Waals surface area contributed by atoms with Crippen LogP contribution >= 0.6 is 46.4 Å². The third kappa shape index (κ3) is 2.98. The first-order valence-electron chi connectivity index (χ1n) is 7.05. The number of fused-ring (bicyclic) bond motifs is 2. The molecule has 7 heteroatoms. The minimum atomic E-state index is -0.454. The molecule has 3 rings (SSSR count). The molecule has 124 valence electrons. The lowest BCUT2D eigenvalue weighted by atomic mass is 10.0. The van der Waals surface area contributed by atoms with Gasteiger partial charge in [0, 0.05) is 23.2 Å². The molecule has 0 saturated heterocycles. The van der Waals surface area contributed by atoms with Crippen LogP contribution in [-0.4, -0.2) is 17.6 Å². The number of carbonyl (C=O) groups excluding carboxylic acids is 1. The Morgan fingerprint density at radius 2 is 1.38 bits per heavy atom. The van der Waals surface area contributed by atoms with Crippen LogP contribution < -0.4 is 0 Å². The third-order valence-corrected chi connectivity index (χ3v) is 5.41. The molecule has 0 spiro atoms. The fourth-order valence-electron chi connectivity index (χ4n) is 2.40. The molecule has 1 amide bonds. The Morgan fingerprint density at radius 3 is 1.79 bits per heavy atom. The first-order valence-corrected chi connectivity index (χ1v) is 8.56. The van der Waals surface area contributed by atoms with Crippen LogP contribution in [0.15, 0.2) is 24.5 Å². The van der Waals surface area contributed by atoms with Crippen LogP contribution in [0.25, 0.3) is 22.9 Å². The molecule has 0 saturated carbocycles. The van der Waals surface area contributed by atoms with Crippen molar-refractivity contribution in [3.05, 3.63) is 55.8 Å². The molecule has 0 atom stereocenters. The van der Waals surface area contributed by atoms with Crippen LogP contribution in [0.5, 0.6) is 0 Å². The number of hydrogen-bond donors (Lipinski definition) is 0. The van der Waals surface area contributed by atoms with Gasteiger partial charge < -0.3 is 4.74 Å².